The zero-order valence-corrected chi connectivity index (χ0v) is 9.32. The van der Waals surface area contributed by atoms with E-state index < -0.39 is 0 Å². The normalized spacial score (nSPS) is 19.0. The van der Waals surface area contributed by atoms with Gasteiger partial charge < -0.3 is 10.4 Å². The Labute approximate surface area is 103 Å². The Morgan fingerprint density at radius 1 is 1.00 bits per heavy atom. The molecule has 0 spiro atoms. The third-order valence-electron chi connectivity index (χ3n) is 2.48. The van der Waals surface area contributed by atoms with E-state index in [1.54, 1.807) is 30.3 Å². The summed E-state index contributed by atoms with van der Waals surface area (Å²) in [6, 6.07) is 8.60. The molecule has 0 bridgehead atoms. The van der Waals surface area contributed by atoms with E-state index in [1.165, 1.54) is 18.2 Å². The Morgan fingerprint density at radius 2 is 1.72 bits per heavy atom. The van der Waals surface area contributed by atoms with E-state index in [0.717, 1.165) is 0 Å². The van der Waals surface area contributed by atoms with Crippen molar-refractivity contribution in [2.24, 2.45) is 10.3 Å². The number of rotatable bonds is 2. The van der Waals surface area contributed by atoms with E-state index in [2.05, 4.69) is 10.3 Å². The number of carbonyl (C=O) groups is 1. The number of allylic oxidation sites excluding steroid dienone is 4. The molecule has 1 aromatic carbocycles. The van der Waals surface area contributed by atoms with Gasteiger partial charge in [-0.1, -0.05) is 40.6 Å². The van der Waals surface area contributed by atoms with Crippen LogP contribution in [0.1, 0.15) is 10.4 Å². The van der Waals surface area contributed by atoms with Gasteiger partial charge in [-0.05, 0) is 18.2 Å². The minimum absolute atomic E-state index is 0.135. The van der Waals surface area contributed by atoms with Crippen LogP contribution >= 0.6 is 0 Å². The molecule has 0 aliphatic heterocycles. The zero-order valence-electron chi connectivity index (χ0n) is 9.32. The molecule has 5 heteroatoms. The number of oxime groups is 2. The van der Waals surface area contributed by atoms with Crippen molar-refractivity contribution in [3.63, 3.8) is 0 Å². The maximum atomic E-state index is 12.2. The lowest BCUT2D eigenvalue weighted by molar-refractivity contribution is 0.104. The molecule has 1 aromatic rings. The van der Waals surface area contributed by atoms with Gasteiger partial charge in [-0.2, -0.15) is 0 Å². The third-order valence-corrected chi connectivity index (χ3v) is 2.48. The fraction of sp³-hybridized carbons (Fsp3) is 0. The molecule has 1 aliphatic rings. The molecule has 0 heterocycles. The minimum Gasteiger partial charge on any atom is -0.410 e. The second-order valence-electron chi connectivity index (χ2n) is 3.60. The number of nitrogens with zero attached hydrogens (tertiary/aromatic N) is 2. The minimum atomic E-state index is -0.297. The maximum Gasteiger partial charge on any atom is 0.195 e. The first kappa shape index (κ1) is 11.8. The average molecular weight is 242 g/mol. The van der Waals surface area contributed by atoms with Gasteiger partial charge in [0.15, 0.2) is 5.78 Å². The summed E-state index contributed by atoms with van der Waals surface area (Å²) in [5, 5.41) is 23.6. The molecule has 0 fully saturated rings. The van der Waals surface area contributed by atoms with Crippen LogP contribution in [-0.4, -0.2) is 27.6 Å². The van der Waals surface area contributed by atoms with Gasteiger partial charge in [0, 0.05) is 5.56 Å². The van der Waals surface area contributed by atoms with Crippen molar-refractivity contribution < 1.29 is 15.2 Å². The van der Waals surface area contributed by atoms with Crippen LogP contribution in [0.25, 0.3) is 0 Å². The Morgan fingerprint density at radius 3 is 2.33 bits per heavy atom. The Bertz CT molecular complexity index is 584. The Kier molecular flexibility index (Phi) is 3.33. The monoisotopic (exact) mass is 242 g/mol. The summed E-state index contributed by atoms with van der Waals surface area (Å²) in [6.45, 7) is 0. The van der Waals surface area contributed by atoms with Crippen LogP contribution in [0, 0.1) is 0 Å². The van der Waals surface area contributed by atoms with Crippen LogP contribution in [0.15, 0.2) is 64.4 Å². The molecule has 0 atom stereocenters. The van der Waals surface area contributed by atoms with Gasteiger partial charge in [0.2, 0.25) is 0 Å². The van der Waals surface area contributed by atoms with Gasteiger partial charge in [0.05, 0.1) is 5.57 Å². The molecule has 0 unspecified atom stereocenters. The molecule has 1 aliphatic carbocycles. The predicted molar refractivity (Wildman–Crippen MR) is 66.4 cm³/mol. The molecular weight excluding hydrogens is 232 g/mol. The Hall–Kier alpha value is -2.69. The highest BCUT2D eigenvalue weighted by Crippen LogP contribution is 2.14. The Balaban J connectivity index is 2.43. The van der Waals surface area contributed by atoms with Crippen LogP contribution in [0.3, 0.4) is 0 Å². The first-order chi connectivity index (χ1) is 8.76. The van der Waals surface area contributed by atoms with Crippen molar-refractivity contribution in [1.82, 2.24) is 0 Å². The summed E-state index contributed by atoms with van der Waals surface area (Å²) in [5.74, 6) is -0.297. The van der Waals surface area contributed by atoms with Crippen LogP contribution in [0.4, 0.5) is 0 Å². The number of benzene rings is 1. The highest BCUT2D eigenvalue weighted by Gasteiger charge is 2.20. The quantitative estimate of drug-likeness (QED) is 0.360. The highest BCUT2D eigenvalue weighted by atomic mass is 16.4. The van der Waals surface area contributed by atoms with Gasteiger partial charge in [-0.3, -0.25) is 4.79 Å². The van der Waals surface area contributed by atoms with Crippen LogP contribution in [-0.2, 0) is 0 Å². The van der Waals surface area contributed by atoms with Crippen molar-refractivity contribution in [2.75, 3.05) is 0 Å². The molecule has 0 aromatic heterocycles. The van der Waals surface area contributed by atoms with Crippen LogP contribution in [0.2, 0.25) is 0 Å². The second-order valence-corrected chi connectivity index (χ2v) is 3.60. The average Bonchev–Trinajstić information content (AvgIpc) is 2.46. The van der Waals surface area contributed by atoms with Gasteiger partial charge in [-0.15, -0.1) is 0 Å². The first-order valence-corrected chi connectivity index (χ1v) is 5.20. The lowest BCUT2D eigenvalue weighted by Crippen LogP contribution is -2.16. The predicted octanol–water partition coefficient (Wildman–Crippen LogP) is 2.03. The topological polar surface area (TPSA) is 82.2 Å². The number of ketones is 1. The fourth-order valence-electron chi connectivity index (χ4n) is 1.60. The number of Topliss-reactive ketones (excluding diaryl/α,β-unsaturated/α-hetero) is 1. The largest absolute Gasteiger partial charge is 0.410 e. The van der Waals surface area contributed by atoms with Gasteiger partial charge in [0.25, 0.3) is 0 Å². The summed E-state index contributed by atoms with van der Waals surface area (Å²) in [6.07, 6.45) is 4.21. The van der Waals surface area contributed by atoms with E-state index in [9.17, 15) is 4.79 Å². The van der Waals surface area contributed by atoms with E-state index in [0.29, 0.717) is 5.56 Å². The molecule has 0 saturated carbocycles. The van der Waals surface area contributed by atoms with Crippen molar-refractivity contribution in [1.29, 1.82) is 0 Å². The highest BCUT2D eigenvalue weighted by molar-refractivity contribution is 6.36. The van der Waals surface area contributed by atoms with Crippen molar-refractivity contribution in [3.05, 3.63) is 59.7 Å². The van der Waals surface area contributed by atoms with Crippen LogP contribution in [0.5, 0.6) is 0 Å². The van der Waals surface area contributed by atoms with E-state index in [1.807, 2.05) is 0 Å². The fourth-order valence-corrected chi connectivity index (χ4v) is 1.60. The summed E-state index contributed by atoms with van der Waals surface area (Å²) in [5.41, 5.74) is 1.01. The molecule has 18 heavy (non-hydrogen) atoms. The van der Waals surface area contributed by atoms with E-state index in [-0.39, 0.29) is 22.8 Å². The molecule has 0 radical (unpaired) electrons. The number of carbonyl (C=O) groups excluding carboxylic acids is 1. The summed E-state index contributed by atoms with van der Waals surface area (Å²) in [7, 11) is 0. The standard InChI is InChI=1S/C13H10N2O3/c16-13(9-4-2-1-3-5-9)11-8-10(14-17)6-7-12(11)15-18/h1-8,17-18H. The van der Waals surface area contributed by atoms with Crippen molar-refractivity contribution in [3.8, 4) is 0 Å². The molecule has 0 saturated heterocycles. The molecular formula is C13H10N2O3. The summed E-state index contributed by atoms with van der Waals surface area (Å²) in [4.78, 5) is 12.2. The maximum absolute atomic E-state index is 12.2. The van der Waals surface area contributed by atoms with Gasteiger partial charge in [-0.25, -0.2) is 0 Å². The van der Waals surface area contributed by atoms with Gasteiger partial charge >= 0.3 is 0 Å². The second kappa shape index (κ2) is 5.09. The zero-order chi connectivity index (χ0) is 13.0. The first-order valence-electron chi connectivity index (χ1n) is 5.20. The molecule has 90 valence electrons. The summed E-state index contributed by atoms with van der Waals surface area (Å²) >= 11 is 0. The lowest BCUT2D eigenvalue weighted by atomic mass is 9.94. The molecule has 5 nitrogen and oxygen atoms in total. The molecule has 2 N–H and O–H groups in total. The van der Waals surface area contributed by atoms with Gasteiger partial charge in [0.1, 0.15) is 11.4 Å². The molecule has 0 amide bonds. The number of hydrogen-bond donors (Lipinski definition) is 2. The van der Waals surface area contributed by atoms with Crippen LogP contribution < -0.4 is 0 Å². The number of hydrogen-bond acceptors (Lipinski definition) is 5. The van der Waals surface area contributed by atoms with Crippen molar-refractivity contribution >= 4 is 17.2 Å². The third kappa shape index (κ3) is 2.20. The summed E-state index contributed by atoms with van der Waals surface area (Å²) < 4.78 is 0. The smallest absolute Gasteiger partial charge is 0.195 e. The van der Waals surface area contributed by atoms with E-state index >= 15 is 0 Å². The lowest BCUT2D eigenvalue weighted by Gasteiger charge is -2.09. The van der Waals surface area contributed by atoms with E-state index in [4.69, 9.17) is 10.4 Å². The SMILES string of the molecule is O=C(C1=CC(=NO)C=CC1=NO)c1ccccc1. The molecule has 2 rings (SSSR count). The van der Waals surface area contributed by atoms with Crippen molar-refractivity contribution in [2.45, 2.75) is 0 Å².